The normalized spacial score (nSPS) is 9.81. The molecule has 1 amide bonds. The van der Waals surface area contributed by atoms with E-state index in [4.69, 9.17) is 5.11 Å². The summed E-state index contributed by atoms with van der Waals surface area (Å²) in [6, 6.07) is 9.84. The zero-order valence-electron chi connectivity index (χ0n) is 11.8. The summed E-state index contributed by atoms with van der Waals surface area (Å²) in [6.45, 7) is 2.60. The molecule has 2 rings (SSSR count). The summed E-state index contributed by atoms with van der Waals surface area (Å²) in [5, 5.41) is 13.4. The molecule has 1 aromatic heterocycles. The monoisotopic (exact) mass is 299 g/mol. The maximum absolute atomic E-state index is 12.1. The van der Waals surface area contributed by atoms with Gasteiger partial charge in [0.25, 0.3) is 5.91 Å². The van der Waals surface area contributed by atoms with Crippen LogP contribution in [0, 0.1) is 18.8 Å². The second-order valence-electron chi connectivity index (χ2n) is 4.65. The first-order valence-corrected chi connectivity index (χ1v) is 7.59. The summed E-state index contributed by atoms with van der Waals surface area (Å²) in [4.78, 5) is 12.9. The number of benzene rings is 1. The van der Waals surface area contributed by atoms with Crippen molar-refractivity contribution in [3.8, 4) is 11.8 Å². The van der Waals surface area contributed by atoms with Crippen molar-refractivity contribution < 1.29 is 9.90 Å². The molecular formula is C17H17NO2S. The summed E-state index contributed by atoms with van der Waals surface area (Å²) in [7, 11) is 0. The third-order valence-electron chi connectivity index (χ3n) is 2.85. The molecule has 2 N–H and O–H groups in total. The Bertz CT molecular complexity index is 679. The van der Waals surface area contributed by atoms with E-state index in [1.807, 2.05) is 25.1 Å². The minimum atomic E-state index is -0.0945. The number of amides is 1. The molecule has 0 spiro atoms. The van der Waals surface area contributed by atoms with E-state index < -0.39 is 0 Å². The van der Waals surface area contributed by atoms with Gasteiger partial charge in [0.15, 0.2) is 0 Å². The van der Waals surface area contributed by atoms with E-state index in [1.165, 1.54) is 16.9 Å². The lowest BCUT2D eigenvalue weighted by atomic mass is 10.1. The van der Waals surface area contributed by atoms with E-state index in [0.29, 0.717) is 18.5 Å². The van der Waals surface area contributed by atoms with Crippen molar-refractivity contribution in [1.29, 1.82) is 0 Å². The van der Waals surface area contributed by atoms with Crippen LogP contribution in [0.2, 0.25) is 0 Å². The Morgan fingerprint density at radius 1 is 1.38 bits per heavy atom. The van der Waals surface area contributed by atoms with Gasteiger partial charge >= 0.3 is 0 Å². The first kappa shape index (κ1) is 15.3. The summed E-state index contributed by atoms with van der Waals surface area (Å²) in [5.41, 5.74) is 2.89. The van der Waals surface area contributed by atoms with Gasteiger partial charge in [-0.15, -0.1) is 11.3 Å². The molecule has 0 aliphatic heterocycles. The minimum absolute atomic E-state index is 0.0577. The molecule has 3 nitrogen and oxygen atoms in total. The van der Waals surface area contributed by atoms with E-state index in [-0.39, 0.29) is 12.5 Å². The zero-order chi connectivity index (χ0) is 15.1. The molecule has 21 heavy (non-hydrogen) atoms. The van der Waals surface area contributed by atoms with Gasteiger partial charge in [-0.25, -0.2) is 0 Å². The maximum atomic E-state index is 12.1. The molecule has 1 aromatic carbocycles. The van der Waals surface area contributed by atoms with Gasteiger partial charge in [-0.3, -0.25) is 4.79 Å². The van der Waals surface area contributed by atoms with E-state index >= 15 is 0 Å². The molecule has 0 saturated heterocycles. The van der Waals surface area contributed by atoms with Crippen molar-refractivity contribution >= 4 is 17.2 Å². The Balaban J connectivity index is 1.93. The number of hydrogen-bond acceptors (Lipinski definition) is 3. The SMILES string of the molecule is Cc1cccc(CNC(=O)c2csc(C#CCCO)c2)c1. The Kier molecular flexibility index (Phi) is 5.56. The van der Waals surface area contributed by atoms with Gasteiger partial charge in [-0.05, 0) is 18.6 Å². The number of carbonyl (C=O) groups excluding carboxylic acids is 1. The van der Waals surface area contributed by atoms with Crippen LogP contribution >= 0.6 is 11.3 Å². The number of thiophene rings is 1. The number of aliphatic hydroxyl groups excluding tert-OH is 1. The molecule has 0 atom stereocenters. The van der Waals surface area contributed by atoms with Crippen molar-refractivity contribution in [3.63, 3.8) is 0 Å². The van der Waals surface area contributed by atoms with Crippen LogP contribution in [0.1, 0.15) is 32.8 Å². The third kappa shape index (κ3) is 4.75. The summed E-state index contributed by atoms with van der Waals surface area (Å²) >= 11 is 1.44. The average Bonchev–Trinajstić information content (AvgIpc) is 2.94. The van der Waals surface area contributed by atoms with Gasteiger partial charge in [-0.2, -0.15) is 0 Å². The first-order valence-electron chi connectivity index (χ1n) is 6.71. The molecule has 0 fully saturated rings. The largest absolute Gasteiger partial charge is 0.395 e. The number of nitrogens with one attached hydrogen (secondary N) is 1. The van der Waals surface area contributed by atoms with Gasteiger partial charge in [0.1, 0.15) is 0 Å². The zero-order valence-corrected chi connectivity index (χ0v) is 12.7. The maximum Gasteiger partial charge on any atom is 0.252 e. The number of aryl methyl sites for hydroxylation is 1. The molecular weight excluding hydrogens is 282 g/mol. The topological polar surface area (TPSA) is 49.3 Å². The second-order valence-corrected chi connectivity index (χ2v) is 5.56. The third-order valence-corrected chi connectivity index (χ3v) is 3.69. The highest BCUT2D eigenvalue weighted by molar-refractivity contribution is 7.10. The highest BCUT2D eigenvalue weighted by atomic mass is 32.1. The minimum Gasteiger partial charge on any atom is -0.395 e. The van der Waals surface area contributed by atoms with Gasteiger partial charge in [0, 0.05) is 18.3 Å². The first-order chi connectivity index (χ1) is 10.2. The molecule has 0 saturated carbocycles. The van der Waals surface area contributed by atoms with E-state index in [1.54, 1.807) is 11.4 Å². The number of hydrogen-bond donors (Lipinski definition) is 2. The molecule has 108 valence electrons. The van der Waals surface area contributed by atoms with Crippen LogP contribution in [0.15, 0.2) is 35.7 Å². The second kappa shape index (κ2) is 7.63. The van der Waals surface area contributed by atoms with Gasteiger partial charge in [0.2, 0.25) is 0 Å². The standard InChI is InChI=1S/C17H17NO2S/c1-13-5-4-6-14(9-13)11-18-17(20)15-10-16(21-12-15)7-2-3-8-19/h4-6,9-10,12,19H,3,8,11H2,1H3,(H,18,20). The van der Waals surface area contributed by atoms with Crippen molar-refractivity contribution in [1.82, 2.24) is 5.32 Å². The van der Waals surface area contributed by atoms with Crippen molar-refractivity contribution in [3.05, 3.63) is 57.3 Å². The van der Waals surface area contributed by atoms with Crippen molar-refractivity contribution in [2.24, 2.45) is 0 Å². The number of rotatable bonds is 4. The predicted octanol–water partition coefficient (Wildman–Crippen LogP) is 2.72. The molecule has 2 aromatic rings. The molecule has 4 heteroatoms. The Morgan fingerprint density at radius 2 is 2.24 bits per heavy atom. The number of aliphatic hydroxyl groups is 1. The highest BCUT2D eigenvalue weighted by Gasteiger charge is 2.07. The summed E-state index contributed by atoms with van der Waals surface area (Å²) in [5.74, 6) is 5.68. The van der Waals surface area contributed by atoms with Crippen LogP contribution < -0.4 is 5.32 Å². The molecule has 0 aliphatic carbocycles. The number of carbonyl (C=O) groups is 1. The molecule has 0 bridgehead atoms. The van der Waals surface area contributed by atoms with Crippen LogP contribution in [-0.2, 0) is 6.54 Å². The molecule has 0 unspecified atom stereocenters. The fourth-order valence-electron chi connectivity index (χ4n) is 1.83. The van der Waals surface area contributed by atoms with Crippen LogP contribution in [0.25, 0.3) is 0 Å². The van der Waals surface area contributed by atoms with E-state index in [9.17, 15) is 4.79 Å². The Morgan fingerprint density at radius 3 is 3.00 bits per heavy atom. The van der Waals surface area contributed by atoms with Crippen molar-refractivity contribution in [2.75, 3.05) is 6.61 Å². The Labute approximate surface area is 128 Å². The lowest BCUT2D eigenvalue weighted by Gasteiger charge is -2.04. The highest BCUT2D eigenvalue weighted by Crippen LogP contribution is 2.13. The lowest BCUT2D eigenvalue weighted by molar-refractivity contribution is 0.0951. The van der Waals surface area contributed by atoms with Crippen LogP contribution in [0.3, 0.4) is 0 Å². The molecule has 1 heterocycles. The fourth-order valence-corrected chi connectivity index (χ4v) is 2.59. The van der Waals surface area contributed by atoms with E-state index in [2.05, 4.69) is 23.2 Å². The lowest BCUT2D eigenvalue weighted by Crippen LogP contribution is -2.22. The average molecular weight is 299 g/mol. The van der Waals surface area contributed by atoms with E-state index in [0.717, 1.165) is 10.4 Å². The van der Waals surface area contributed by atoms with Crippen LogP contribution in [0.4, 0.5) is 0 Å². The van der Waals surface area contributed by atoms with Gasteiger partial charge in [-0.1, -0.05) is 41.7 Å². The predicted molar refractivity (Wildman–Crippen MR) is 85.2 cm³/mol. The van der Waals surface area contributed by atoms with Crippen LogP contribution in [0.5, 0.6) is 0 Å². The summed E-state index contributed by atoms with van der Waals surface area (Å²) < 4.78 is 0. The Hall–Kier alpha value is -2.09. The van der Waals surface area contributed by atoms with Crippen LogP contribution in [-0.4, -0.2) is 17.6 Å². The summed E-state index contributed by atoms with van der Waals surface area (Å²) in [6.07, 6.45) is 0.451. The quantitative estimate of drug-likeness (QED) is 0.853. The molecule has 0 radical (unpaired) electrons. The smallest absolute Gasteiger partial charge is 0.252 e. The van der Waals surface area contributed by atoms with Crippen molar-refractivity contribution in [2.45, 2.75) is 19.9 Å². The van der Waals surface area contributed by atoms with Gasteiger partial charge in [0.05, 0.1) is 17.0 Å². The van der Waals surface area contributed by atoms with Gasteiger partial charge < -0.3 is 10.4 Å². The molecule has 0 aliphatic rings. The fraction of sp³-hybridized carbons (Fsp3) is 0.235.